The Morgan fingerprint density at radius 3 is 1.48 bits per heavy atom. The highest BCUT2D eigenvalue weighted by molar-refractivity contribution is 6.22. The van der Waals surface area contributed by atoms with Gasteiger partial charge in [-0.25, -0.2) is 0 Å². The number of hydrogen-bond acceptors (Lipinski definition) is 0. The first-order chi connectivity index (χ1) is 16.3. The maximum absolute atomic E-state index is 3.79. The van der Waals surface area contributed by atoms with Crippen LogP contribution in [0.2, 0.25) is 0 Å². The van der Waals surface area contributed by atoms with Gasteiger partial charge in [0.2, 0.25) is 0 Å². The molecule has 1 nitrogen and oxygen atoms in total. The van der Waals surface area contributed by atoms with Crippen molar-refractivity contribution in [2.45, 2.75) is 52.4 Å². The number of H-pyrrole nitrogens is 1. The molecule has 0 amide bonds. The summed E-state index contributed by atoms with van der Waals surface area (Å²) >= 11 is 0. The molecule has 0 bridgehead atoms. The van der Waals surface area contributed by atoms with Gasteiger partial charge in [0.25, 0.3) is 0 Å². The first kappa shape index (κ1) is 21.5. The van der Waals surface area contributed by atoms with Crippen LogP contribution in [0.25, 0.3) is 55.5 Å². The predicted octanol–water partition coefficient (Wildman–Crippen LogP) is 10.0. The predicted molar refractivity (Wildman–Crippen MR) is 148 cm³/mol. The van der Waals surface area contributed by atoms with E-state index in [0.717, 1.165) is 12.8 Å². The van der Waals surface area contributed by atoms with Crippen LogP contribution in [0.15, 0.2) is 72.8 Å². The van der Waals surface area contributed by atoms with Gasteiger partial charge >= 0.3 is 0 Å². The molecule has 1 N–H and O–H groups in total. The quantitative estimate of drug-likeness (QED) is 0.235. The highest BCUT2D eigenvalue weighted by Gasteiger charge is 2.10. The van der Waals surface area contributed by atoms with Crippen molar-refractivity contribution in [1.29, 1.82) is 0 Å². The second kappa shape index (κ2) is 9.67. The average molecular weight is 432 g/mol. The van der Waals surface area contributed by atoms with E-state index in [0.29, 0.717) is 0 Å². The lowest BCUT2D eigenvalue weighted by Gasteiger charge is -2.02. The Hall–Kier alpha value is -3.32. The van der Waals surface area contributed by atoms with Crippen LogP contribution < -0.4 is 0 Å². The fourth-order valence-electron chi connectivity index (χ4n) is 4.83. The van der Waals surface area contributed by atoms with Crippen molar-refractivity contribution in [2.75, 3.05) is 0 Å². The lowest BCUT2D eigenvalue weighted by atomic mass is 10.0. The van der Waals surface area contributed by atoms with E-state index in [1.54, 1.807) is 0 Å². The first-order valence-electron chi connectivity index (χ1n) is 12.5. The number of aromatic nitrogens is 1. The Kier molecular flexibility index (Phi) is 6.30. The van der Waals surface area contributed by atoms with E-state index in [4.69, 9.17) is 0 Å². The summed E-state index contributed by atoms with van der Waals surface area (Å²) in [6.45, 7) is 4.48. The van der Waals surface area contributed by atoms with Gasteiger partial charge in [-0.15, -0.1) is 0 Å². The van der Waals surface area contributed by atoms with Gasteiger partial charge in [0.05, 0.1) is 11.0 Å². The normalized spacial score (nSPS) is 12.4. The Balaban J connectivity index is 1.56. The smallest absolute Gasteiger partial charge is 0.0544 e. The second-order valence-corrected chi connectivity index (χ2v) is 9.15. The van der Waals surface area contributed by atoms with Crippen LogP contribution in [-0.4, -0.2) is 4.98 Å². The van der Waals surface area contributed by atoms with Gasteiger partial charge in [0.15, 0.2) is 0 Å². The average Bonchev–Trinajstić information content (AvgIpc) is 3.24. The van der Waals surface area contributed by atoms with Crippen LogP contribution in [-0.2, 0) is 0 Å². The molecule has 1 heterocycles. The summed E-state index contributed by atoms with van der Waals surface area (Å²) < 4.78 is 0. The number of unbranched alkanes of at least 4 members (excludes halogenated alkanes) is 4. The fraction of sp³-hybridized carbons (Fsp3) is 0.250. The maximum Gasteiger partial charge on any atom is 0.0544 e. The number of nitrogens with one attached hydrogen (secondary N) is 1. The molecule has 0 aliphatic carbocycles. The molecular formula is C32H33N. The fourth-order valence-corrected chi connectivity index (χ4v) is 4.83. The van der Waals surface area contributed by atoms with Gasteiger partial charge in [-0.3, -0.25) is 0 Å². The molecule has 0 atom stereocenters. The maximum atomic E-state index is 3.79. The molecule has 5 aromatic rings. The van der Waals surface area contributed by atoms with Crippen molar-refractivity contribution in [3.8, 4) is 0 Å². The summed E-state index contributed by atoms with van der Waals surface area (Å²) in [6, 6.07) is 22.7. The van der Waals surface area contributed by atoms with E-state index in [1.807, 2.05) is 0 Å². The number of allylic oxidation sites excluding steroid dienone is 2. The summed E-state index contributed by atoms with van der Waals surface area (Å²) in [7, 11) is 0. The summed E-state index contributed by atoms with van der Waals surface area (Å²) in [5.74, 6) is 0. The van der Waals surface area contributed by atoms with E-state index in [-0.39, 0.29) is 0 Å². The monoisotopic (exact) mass is 431 g/mol. The van der Waals surface area contributed by atoms with Crippen molar-refractivity contribution in [3.05, 3.63) is 83.9 Å². The Morgan fingerprint density at radius 2 is 1.03 bits per heavy atom. The number of hydrogen-bond donors (Lipinski definition) is 1. The SMILES string of the molecule is CCCC/C=C/c1ccc2c(ccc3c4ccc5cc(/C=C/CCCC)ccc5c4[nH]c23)c1. The number of aromatic amines is 1. The van der Waals surface area contributed by atoms with Crippen molar-refractivity contribution in [2.24, 2.45) is 0 Å². The third kappa shape index (κ3) is 4.33. The number of fused-ring (bicyclic) bond motifs is 7. The molecule has 0 saturated carbocycles. The van der Waals surface area contributed by atoms with Crippen molar-refractivity contribution < 1.29 is 0 Å². The number of benzene rings is 4. The van der Waals surface area contributed by atoms with Gasteiger partial charge in [-0.2, -0.15) is 0 Å². The van der Waals surface area contributed by atoms with E-state index in [1.165, 1.54) is 80.2 Å². The topological polar surface area (TPSA) is 15.8 Å². The highest BCUT2D eigenvalue weighted by atomic mass is 14.7. The van der Waals surface area contributed by atoms with Crippen LogP contribution in [0.3, 0.4) is 0 Å². The van der Waals surface area contributed by atoms with Gasteiger partial charge in [-0.05, 0) is 46.9 Å². The summed E-state index contributed by atoms with van der Waals surface area (Å²) in [5, 5.41) is 7.76. The minimum atomic E-state index is 1.15. The Bertz CT molecular complexity index is 1370. The minimum absolute atomic E-state index is 1.15. The van der Waals surface area contributed by atoms with Gasteiger partial charge in [0.1, 0.15) is 0 Å². The Labute approximate surface area is 196 Å². The molecule has 33 heavy (non-hydrogen) atoms. The zero-order valence-electron chi connectivity index (χ0n) is 19.8. The summed E-state index contributed by atoms with van der Waals surface area (Å²) in [6.07, 6.45) is 16.4. The first-order valence-corrected chi connectivity index (χ1v) is 12.5. The van der Waals surface area contributed by atoms with Crippen LogP contribution in [0.5, 0.6) is 0 Å². The molecule has 0 spiro atoms. The molecule has 1 heteroatoms. The van der Waals surface area contributed by atoms with E-state index < -0.39 is 0 Å². The third-order valence-electron chi connectivity index (χ3n) is 6.70. The molecule has 166 valence electrons. The van der Waals surface area contributed by atoms with Gasteiger partial charge < -0.3 is 4.98 Å². The molecule has 0 unspecified atom stereocenters. The van der Waals surface area contributed by atoms with Crippen molar-refractivity contribution >= 4 is 55.5 Å². The molecule has 0 saturated heterocycles. The van der Waals surface area contributed by atoms with Crippen LogP contribution in [0.4, 0.5) is 0 Å². The van der Waals surface area contributed by atoms with E-state index in [9.17, 15) is 0 Å². The van der Waals surface area contributed by atoms with E-state index in [2.05, 4.69) is 104 Å². The minimum Gasteiger partial charge on any atom is -0.353 e. The molecule has 1 aromatic heterocycles. The lowest BCUT2D eigenvalue weighted by Crippen LogP contribution is -1.79. The van der Waals surface area contributed by atoms with Crippen LogP contribution >= 0.6 is 0 Å². The zero-order chi connectivity index (χ0) is 22.6. The largest absolute Gasteiger partial charge is 0.353 e. The molecule has 0 aliphatic rings. The molecule has 0 fully saturated rings. The molecular weight excluding hydrogens is 398 g/mol. The Morgan fingerprint density at radius 1 is 0.576 bits per heavy atom. The van der Waals surface area contributed by atoms with Crippen LogP contribution in [0, 0.1) is 0 Å². The molecule has 0 aliphatic heterocycles. The number of rotatable bonds is 8. The molecule has 4 aromatic carbocycles. The second-order valence-electron chi connectivity index (χ2n) is 9.15. The van der Waals surface area contributed by atoms with Crippen molar-refractivity contribution in [3.63, 3.8) is 0 Å². The van der Waals surface area contributed by atoms with Gasteiger partial charge in [-0.1, -0.05) is 112 Å². The van der Waals surface area contributed by atoms with Gasteiger partial charge in [0, 0.05) is 21.5 Å². The van der Waals surface area contributed by atoms with E-state index >= 15 is 0 Å². The highest BCUT2D eigenvalue weighted by Crippen LogP contribution is 2.35. The standard InChI is InChI=1S/C32H33N/c1-3-5-7-9-11-23-13-17-27-25(21-23)15-19-29-30-20-16-26-22-24(12-10-8-6-4-2)14-18-28(26)32(30)33-31(27)29/h9-22,33H,3-8H2,1-2H3/b11-9+,12-10+. The van der Waals surface area contributed by atoms with Crippen LogP contribution in [0.1, 0.15) is 63.5 Å². The lowest BCUT2D eigenvalue weighted by molar-refractivity contribution is 0.816. The summed E-state index contributed by atoms with van der Waals surface area (Å²) in [4.78, 5) is 3.79. The van der Waals surface area contributed by atoms with Crippen molar-refractivity contribution in [1.82, 2.24) is 4.98 Å². The third-order valence-corrected chi connectivity index (χ3v) is 6.70. The molecule has 5 rings (SSSR count). The summed E-state index contributed by atoms with van der Waals surface area (Å²) in [5.41, 5.74) is 5.03. The zero-order valence-corrected chi connectivity index (χ0v) is 19.8. The molecule has 0 radical (unpaired) electrons.